The number of hydrogen-bond donors (Lipinski definition) is 2. The summed E-state index contributed by atoms with van der Waals surface area (Å²) in [4.78, 5) is 24.2. The maximum atomic E-state index is 12.2. The molecule has 0 radical (unpaired) electrons. The van der Waals surface area contributed by atoms with E-state index < -0.39 is 5.91 Å². The van der Waals surface area contributed by atoms with Gasteiger partial charge in [0.05, 0.1) is 21.3 Å². The van der Waals surface area contributed by atoms with Crippen molar-refractivity contribution in [2.45, 2.75) is 19.9 Å². The van der Waals surface area contributed by atoms with Gasteiger partial charge in [-0.05, 0) is 18.1 Å². The highest BCUT2D eigenvalue weighted by atomic mass is 16.5. The number of carbonyl (C=O) groups excluding carboxylic acids is 2. The number of hydrogen-bond acceptors (Lipinski definition) is 5. The molecule has 0 heterocycles. The molecule has 0 atom stereocenters. The van der Waals surface area contributed by atoms with E-state index in [0.29, 0.717) is 29.5 Å². The maximum absolute atomic E-state index is 12.2. The Hall–Kier alpha value is -3.22. The number of amides is 2. The van der Waals surface area contributed by atoms with Crippen molar-refractivity contribution in [3.8, 4) is 17.2 Å². The summed E-state index contributed by atoms with van der Waals surface area (Å²) in [5.74, 6) is 0.455. The fourth-order valence-corrected chi connectivity index (χ4v) is 2.57. The zero-order chi connectivity index (χ0) is 19.8. The molecule has 2 amide bonds. The Morgan fingerprint density at radius 1 is 0.926 bits per heavy atom. The molecule has 0 saturated heterocycles. The van der Waals surface area contributed by atoms with Crippen LogP contribution >= 0.6 is 0 Å². The van der Waals surface area contributed by atoms with Crippen molar-refractivity contribution >= 4 is 17.5 Å². The molecule has 7 nitrogen and oxygen atoms in total. The predicted molar refractivity (Wildman–Crippen MR) is 102 cm³/mol. The molecule has 144 valence electrons. The highest BCUT2D eigenvalue weighted by Gasteiger charge is 2.16. The Labute approximate surface area is 158 Å². The summed E-state index contributed by atoms with van der Waals surface area (Å²) in [5, 5.41) is 5.42. The van der Waals surface area contributed by atoms with Crippen LogP contribution in [0.3, 0.4) is 0 Å². The molecular weight excluding hydrogens is 348 g/mol. The van der Waals surface area contributed by atoms with Gasteiger partial charge in [-0.25, -0.2) is 0 Å². The lowest BCUT2D eigenvalue weighted by Crippen LogP contribution is -2.28. The van der Waals surface area contributed by atoms with E-state index in [2.05, 4.69) is 10.6 Å². The van der Waals surface area contributed by atoms with E-state index >= 15 is 0 Å². The van der Waals surface area contributed by atoms with E-state index in [0.717, 1.165) is 11.1 Å². The van der Waals surface area contributed by atoms with E-state index in [9.17, 15) is 9.59 Å². The zero-order valence-corrected chi connectivity index (χ0v) is 15.9. The van der Waals surface area contributed by atoms with E-state index in [1.807, 2.05) is 31.2 Å². The summed E-state index contributed by atoms with van der Waals surface area (Å²) < 4.78 is 15.7. The van der Waals surface area contributed by atoms with Crippen LogP contribution in [0.1, 0.15) is 17.5 Å². The molecule has 2 rings (SSSR count). The van der Waals surface area contributed by atoms with Crippen LogP contribution in [0.2, 0.25) is 0 Å². The maximum Gasteiger partial charge on any atom is 0.233 e. The number of rotatable bonds is 8. The molecule has 7 heteroatoms. The minimum atomic E-state index is -0.438. The van der Waals surface area contributed by atoms with Crippen LogP contribution in [0, 0.1) is 6.92 Å². The molecule has 0 bridgehead atoms. The second kappa shape index (κ2) is 9.47. The van der Waals surface area contributed by atoms with E-state index in [1.54, 1.807) is 12.1 Å². The van der Waals surface area contributed by atoms with Crippen molar-refractivity contribution in [1.82, 2.24) is 5.32 Å². The molecule has 0 spiro atoms. The Kier molecular flexibility index (Phi) is 7.05. The van der Waals surface area contributed by atoms with Gasteiger partial charge in [-0.3, -0.25) is 9.59 Å². The van der Waals surface area contributed by atoms with Gasteiger partial charge >= 0.3 is 0 Å². The van der Waals surface area contributed by atoms with Crippen molar-refractivity contribution in [2.75, 3.05) is 26.6 Å². The molecule has 0 fully saturated rings. The van der Waals surface area contributed by atoms with Gasteiger partial charge in [-0.2, -0.15) is 0 Å². The second-order valence-electron chi connectivity index (χ2n) is 5.84. The number of nitrogens with one attached hydrogen (secondary N) is 2. The first-order valence-electron chi connectivity index (χ1n) is 8.39. The minimum absolute atomic E-state index is 0.289. The number of ether oxygens (including phenoxy) is 3. The summed E-state index contributed by atoms with van der Waals surface area (Å²) in [6, 6.07) is 11.0. The van der Waals surface area contributed by atoms with Gasteiger partial charge in [0.2, 0.25) is 17.6 Å². The smallest absolute Gasteiger partial charge is 0.233 e. The van der Waals surface area contributed by atoms with Crippen molar-refractivity contribution in [3.05, 3.63) is 47.5 Å². The van der Waals surface area contributed by atoms with Crippen LogP contribution < -0.4 is 24.8 Å². The lowest BCUT2D eigenvalue weighted by molar-refractivity contribution is -0.126. The molecule has 0 aromatic heterocycles. The van der Waals surface area contributed by atoms with Crippen molar-refractivity contribution < 1.29 is 23.8 Å². The molecule has 2 aromatic carbocycles. The topological polar surface area (TPSA) is 85.9 Å². The number of aryl methyl sites for hydroxylation is 1. The second-order valence-corrected chi connectivity index (χ2v) is 5.84. The first kappa shape index (κ1) is 20.1. The molecule has 2 N–H and O–H groups in total. The summed E-state index contributed by atoms with van der Waals surface area (Å²) >= 11 is 0. The zero-order valence-electron chi connectivity index (χ0n) is 15.9. The molecule has 0 saturated carbocycles. The van der Waals surface area contributed by atoms with Crippen molar-refractivity contribution in [1.29, 1.82) is 0 Å². The van der Waals surface area contributed by atoms with E-state index in [-0.39, 0.29) is 12.3 Å². The molecule has 0 aliphatic carbocycles. The number of methoxy groups -OCH3 is 3. The third kappa shape index (κ3) is 5.37. The lowest BCUT2D eigenvalue weighted by atomic mass is 10.1. The van der Waals surface area contributed by atoms with Gasteiger partial charge in [-0.1, -0.05) is 24.3 Å². The largest absolute Gasteiger partial charge is 0.493 e. The standard InChI is InChI=1S/C20H24N2O5/c1-13-7-5-6-8-14(13)12-21-18(23)11-19(24)22-15-9-16(25-2)20(27-4)17(10-15)26-3/h5-10H,11-12H2,1-4H3,(H,21,23)(H,22,24). The Bertz CT molecular complexity index is 795. The molecule has 0 aliphatic rings. The first-order chi connectivity index (χ1) is 13.0. The van der Waals surface area contributed by atoms with Crippen LogP contribution in [0.4, 0.5) is 5.69 Å². The summed E-state index contributed by atoms with van der Waals surface area (Å²) in [7, 11) is 4.47. The fourth-order valence-electron chi connectivity index (χ4n) is 2.57. The minimum Gasteiger partial charge on any atom is -0.493 e. The first-order valence-corrected chi connectivity index (χ1v) is 8.39. The lowest BCUT2D eigenvalue weighted by Gasteiger charge is -2.14. The third-order valence-corrected chi connectivity index (χ3v) is 4.01. The number of anilines is 1. The normalized spacial score (nSPS) is 10.1. The molecule has 2 aromatic rings. The number of benzene rings is 2. The quantitative estimate of drug-likeness (QED) is 0.696. The Morgan fingerprint density at radius 2 is 1.56 bits per heavy atom. The molecule has 27 heavy (non-hydrogen) atoms. The summed E-state index contributed by atoms with van der Waals surface area (Å²) in [5.41, 5.74) is 2.54. The van der Waals surface area contributed by atoms with Crippen LogP contribution in [-0.4, -0.2) is 33.1 Å². The molecule has 0 aliphatic heterocycles. The third-order valence-electron chi connectivity index (χ3n) is 4.01. The van der Waals surface area contributed by atoms with Gasteiger partial charge in [0.15, 0.2) is 11.5 Å². The highest BCUT2D eigenvalue weighted by molar-refractivity contribution is 6.03. The van der Waals surface area contributed by atoms with Gasteiger partial charge < -0.3 is 24.8 Å². The monoisotopic (exact) mass is 372 g/mol. The van der Waals surface area contributed by atoms with Gasteiger partial charge in [-0.15, -0.1) is 0 Å². The summed E-state index contributed by atoms with van der Waals surface area (Å²) in [6.07, 6.45) is -0.289. The van der Waals surface area contributed by atoms with E-state index in [4.69, 9.17) is 14.2 Å². The molecular formula is C20H24N2O5. The SMILES string of the molecule is COc1cc(NC(=O)CC(=O)NCc2ccccc2C)cc(OC)c1OC. The van der Waals surface area contributed by atoms with Crippen LogP contribution in [-0.2, 0) is 16.1 Å². The van der Waals surface area contributed by atoms with Crippen LogP contribution in [0.25, 0.3) is 0 Å². The highest BCUT2D eigenvalue weighted by Crippen LogP contribution is 2.39. The predicted octanol–water partition coefficient (Wildman–Crippen LogP) is 2.67. The van der Waals surface area contributed by atoms with Crippen molar-refractivity contribution in [2.24, 2.45) is 0 Å². The van der Waals surface area contributed by atoms with E-state index in [1.165, 1.54) is 21.3 Å². The Balaban J connectivity index is 1.97. The van der Waals surface area contributed by atoms with Crippen LogP contribution in [0.5, 0.6) is 17.2 Å². The summed E-state index contributed by atoms with van der Waals surface area (Å²) in [6.45, 7) is 2.35. The average Bonchev–Trinajstić information content (AvgIpc) is 2.66. The van der Waals surface area contributed by atoms with Gasteiger partial charge in [0.1, 0.15) is 6.42 Å². The molecule has 0 unspecified atom stereocenters. The van der Waals surface area contributed by atoms with Gasteiger partial charge in [0.25, 0.3) is 0 Å². The van der Waals surface area contributed by atoms with Crippen molar-refractivity contribution in [3.63, 3.8) is 0 Å². The van der Waals surface area contributed by atoms with Gasteiger partial charge in [0, 0.05) is 24.4 Å². The fraction of sp³-hybridized carbons (Fsp3) is 0.300. The Morgan fingerprint density at radius 3 is 2.11 bits per heavy atom. The average molecular weight is 372 g/mol. The van der Waals surface area contributed by atoms with Crippen LogP contribution in [0.15, 0.2) is 36.4 Å². The number of carbonyl (C=O) groups is 2.